The first kappa shape index (κ1) is 22.9. The number of thiophene rings is 1. The summed E-state index contributed by atoms with van der Waals surface area (Å²) in [5, 5.41) is 11.4. The number of fused-ring (bicyclic) bond motifs is 3. The summed E-state index contributed by atoms with van der Waals surface area (Å²) < 4.78 is 4.35. The van der Waals surface area contributed by atoms with E-state index in [1.807, 2.05) is 45.0 Å². The van der Waals surface area contributed by atoms with Crippen LogP contribution >= 0.6 is 22.9 Å². The highest BCUT2D eigenvalue weighted by Gasteiger charge is 2.23. The maximum absolute atomic E-state index is 13.0. The molecule has 178 valence electrons. The molecular formula is C24H27ClN6O2S. The second kappa shape index (κ2) is 9.38. The van der Waals surface area contributed by atoms with Gasteiger partial charge >= 0.3 is 0 Å². The fourth-order valence-corrected chi connectivity index (χ4v) is 5.47. The van der Waals surface area contributed by atoms with Gasteiger partial charge in [0, 0.05) is 56.3 Å². The van der Waals surface area contributed by atoms with Gasteiger partial charge in [0.05, 0.1) is 5.52 Å². The molecule has 0 atom stereocenters. The standard InChI is InChI=1S/C24H27ClN6O2S/c1-16(2)15-30-23(33)22-19(9-14-34-22)31-20(26-27-24(30)31)7-8-21(32)29-12-10-28(11-13-29)18-5-3-17(25)4-6-18/h3-6,9,14,16H,7-8,10-13,15H2,1-2H3. The van der Waals surface area contributed by atoms with Gasteiger partial charge in [0.15, 0.2) is 0 Å². The summed E-state index contributed by atoms with van der Waals surface area (Å²) in [7, 11) is 0. The molecule has 0 spiro atoms. The predicted octanol–water partition coefficient (Wildman–Crippen LogP) is 3.70. The van der Waals surface area contributed by atoms with Crippen molar-refractivity contribution in [2.75, 3.05) is 31.1 Å². The lowest BCUT2D eigenvalue weighted by Gasteiger charge is -2.36. The quantitative estimate of drug-likeness (QED) is 0.405. The zero-order chi connectivity index (χ0) is 23.8. The molecule has 0 N–H and O–H groups in total. The lowest BCUT2D eigenvalue weighted by atomic mass is 10.2. The van der Waals surface area contributed by atoms with Gasteiger partial charge in [-0.15, -0.1) is 21.5 Å². The molecule has 0 bridgehead atoms. The van der Waals surface area contributed by atoms with Crippen LogP contribution in [0.25, 0.3) is 16.0 Å². The van der Waals surface area contributed by atoms with Crippen molar-refractivity contribution >= 4 is 50.5 Å². The molecule has 1 aliphatic rings. The first-order chi connectivity index (χ1) is 16.4. The molecule has 8 nitrogen and oxygen atoms in total. The van der Waals surface area contributed by atoms with Gasteiger partial charge in [-0.2, -0.15) is 0 Å². The summed E-state index contributed by atoms with van der Waals surface area (Å²) in [5.74, 6) is 1.67. The van der Waals surface area contributed by atoms with Gasteiger partial charge in [-0.3, -0.25) is 18.6 Å². The van der Waals surface area contributed by atoms with Crippen LogP contribution in [-0.2, 0) is 17.8 Å². The number of anilines is 1. The van der Waals surface area contributed by atoms with Gasteiger partial charge in [0.1, 0.15) is 10.5 Å². The zero-order valence-corrected chi connectivity index (χ0v) is 20.8. The monoisotopic (exact) mass is 498 g/mol. The average Bonchev–Trinajstić information content (AvgIpc) is 3.48. The molecule has 0 unspecified atom stereocenters. The van der Waals surface area contributed by atoms with Crippen molar-refractivity contribution in [2.45, 2.75) is 33.2 Å². The van der Waals surface area contributed by atoms with E-state index in [-0.39, 0.29) is 11.5 Å². The van der Waals surface area contributed by atoms with Crippen LogP contribution < -0.4 is 10.5 Å². The molecule has 1 fully saturated rings. The Morgan fingerprint density at radius 3 is 2.53 bits per heavy atom. The number of aryl methyl sites for hydroxylation is 1. The smallest absolute Gasteiger partial charge is 0.272 e. The first-order valence-corrected chi connectivity index (χ1v) is 12.8. The van der Waals surface area contributed by atoms with Crippen molar-refractivity contribution in [2.24, 2.45) is 5.92 Å². The molecular weight excluding hydrogens is 472 g/mol. The number of aromatic nitrogens is 4. The van der Waals surface area contributed by atoms with Gasteiger partial charge in [0.2, 0.25) is 11.7 Å². The molecule has 5 rings (SSSR count). The number of carbonyl (C=O) groups is 1. The van der Waals surface area contributed by atoms with Crippen molar-refractivity contribution < 1.29 is 4.79 Å². The molecule has 0 aliphatic carbocycles. The molecule has 1 saturated heterocycles. The van der Waals surface area contributed by atoms with E-state index < -0.39 is 0 Å². The van der Waals surface area contributed by atoms with Gasteiger partial charge < -0.3 is 9.80 Å². The summed E-state index contributed by atoms with van der Waals surface area (Å²) in [6.45, 7) is 7.67. The third-order valence-corrected chi connectivity index (χ3v) is 7.36. The highest BCUT2D eigenvalue weighted by Crippen LogP contribution is 2.22. The van der Waals surface area contributed by atoms with Crippen LogP contribution in [0.4, 0.5) is 5.69 Å². The topological polar surface area (TPSA) is 75.7 Å². The van der Waals surface area contributed by atoms with Crippen LogP contribution in [0.15, 0.2) is 40.5 Å². The number of carbonyl (C=O) groups excluding carboxylic acids is 1. The van der Waals surface area contributed by atoms with Gasteiger partial charge in [0.25, 0.3) is 5.56 Å². The van der Waals surface area contributed by atoms with Crippen molar-refractivity contribution in [3.63, 3.8) is 0 Å². The molecule has 1 amide bonds. The van der Waals surface area contributed by atoms with Crippen LogP contribution in [0.1, 0.15) is 26.1 Å². The van der Waals surface area contributed by atoms with Crippen molar-refractivity contribution in [1.82, 2.24) is 24.1 Å². The van der Waals surface area contributed by atoms with E-state index in [0.29, 0.717) is 54.7 Å². The predicted molar refractivity (Wildman–Crippen MR) is 136 cm³/mol. The van der Waals surface area contributed by atoms with Crippen molar-refractivity contribution in [3.8, 4) is 0 Å². The van der Waals surface area contributed by atoms with E-state index in [1.165, 1.54) is 11.3 Å². The van der Waals surface area contributed by atoms with Crippen LogP contribution in [0.2, 0.25) is 5.02 Å². The number of hydrogen-bond donors (Lipinski definition) is 0. The Kier molecular flexibility index (Phi) is 6.31. The van der Waals surface area contributed by atoms with E-state index in [1.54, 1.807) is 4.57 Å². The van der Waals surface area contributed by atoms with Crippen molar-refractivity contribution in [3.05, 3.63) is 56.9 Å². The first-order valence-electron chi connectivity index (χ1n) is 11.5. The third kappa shape index (κ3) is 4.30. The minimum absolute atomic E-state index is 0.0280. The normalized spacial score (nSPS) is 14.6. The van der Waals surface area contributed by atoms with E-state index in [0.717, 1.165) is 29.3 Å². The average molecular weight is 499 g/mol. The van der Waals surface area contributed by atoms with Gasteiger partial charge in [-0.1, -0.05) is 25.4 Å². The fourth-order valence-electron chi connectivity index (χ4n) is 4.52. The maximum Gasteiger partial charge on any atom is 0.272 e. The van der Waals surface area contributed by atoms with Crippen molar-refractivity contribution in [1.29, 1.82) is 0 Å². The van der Waals surface area contributed by atoms with Gasteiger partial charge in [-0.25, -0.2) is 0 Å². The Morgan fingerprint density at radius 1 is 1.09 bits per heavy atom. The van der Waals surface area contributed by atoms with E-state index >= 15 is 0 Å². The molecule has 4 heterocycles. The molecule has 10 heteroatoms. The molecule has 1 aliphatic heterocycles. The van der Waals surface area contributed by atoms with E-state index in [2.05, 4.69) is 28.9 Å². The lowest BCUT2D eigenvalue weighted by Crippen LogP contribution is -2.48. The van der Waals surface area contributed by atoms with E-state index in [4.69, 9.17) is 11.6 Å². The summed E-state index contributed by atoms with van der Waals surface area (Å²) in [6, 6.07) is 9.74. The highest BCUT2D eigenvalue weighted by molar-refractivity contribution is 7.17. The zero-order valence-electron chi connectivity index (χ0n) is 19.3. The Hall–Kier alpha value is -2.91. The number of nitrogens with zero attached hydrogens (tertiary/aromatic N) is 6. The lowest BCUT2D eigenvalue weighted by molar-refractivity contribution is -0.131. The summed E-state index contributed by atoms with van der Waals surface area (Å²) in [4.78, 5) is 30.2. The maximum atomic E-state index is 13.0. The second-order valence-electron chi connectivity index (χ2n) is 9.04. The third-order valence-electron chi connectivity index (χ3n) is 6.21. The summed E-state index contributed by atoms with van der Waals surface area (Å²) >= 11 is 7.43. The molecule has 3 aromatic heterocycles. The highest BCUT2D eigenvalue weighted by atomic mass is 35.5. The van der Waals surface area contributed by atoms with Crippen LogP contribution in [0.5, 0.6) is 0 Å². The minimum atomic E-state index is -0.0280. The Labute approximate surface area is 206 Å². The Bertz CT molecular complexity index is 1380. The van der Waals surface area contributed by atoms with Gasteiger partial charge in [-0.05, 0) is 41.6 Å². The molecule has 1 aromatic carbocycles. The molecule has 0 radical (unpaired) electrons. The minimum Gasteiger partial charge on any atom is -0.368 e. The summed E-state index contributed by atoms with van der Waals surface area (Å²) in [5.41, 5.74) is 1.91. The Morgan fingerprint density at radius 2 is 1.82 bits per heavy atom. The van der Waals surface area contributed by atoms with Crippen LogP contribution in [0, 0.1) is 5.92 Å². The number of rotatable bonds is 6. The SMILES string of the molecule is CC(C)Cn1c(=O)c2sccc2n2c(CCC(=O)N3CCN(c4ccc(Cl)cc4)CC3)nnc12. The number of amides is 1. The number of piperazine rings is 1. The number of hydrogen-bond acceptors (Lipinski definition) is 6. The van der Waals surface area contributed by atoms with Crippen LogP contribution in [0.3, 0.4) is 0 Å². The van der Waals surface area contributed by atoms with E-state index in [9.17, 15) is 9.59 Å². The molecule has 4 aromatic rings. The van der Waals surface area contributed by atoms with Crippen LogP contribution in [-0.4, -0.2) is 56.2 Å². The largest absolute Gasteiger partial charge is 0.368 e. The molecule has 34 heavy (non-hydrogen) atoms. The summed E-state index contributed by atoms with van der Waals surface area (Å²) in [6.07, 6.45) is 0.832. The Balaban J connectivity index is 1.30. The number of benzene rings is 1. The fraction of sp³-hybridized carbons (Fsp3) is 0.417. The molecule has 0 saturated carbocycles. The number of halogens is 1. The second-order valence-corrected chi connectivity index (χ2v) is 10.4.